The average Bonchev–Trinajstić information content (AvgIpc) is 2.93. The number of carbonyl (C=O) groups is 2. The summed E-state index contributed by atoms with van der Waals surface area (Å²) in [5, 5.41) is 0. The van der Waals surface area contributed by atoms with Gasteiger partial charge in [-0.2, -0.15) is 0 Å². The van der Waals surface area contributed by atoms with Gasteiger partial charge in [0.15, 0.2) is 11.6 Å². The molecule has 4 unspecified atom stereocenters. The lowest BCUT2D eigenvalue weighted by molar-refractivity contribution is -0.158. The fraction of sp³-hybridized carbons (Fsp3) is 0.941. The second-order valence-corrected chi connectivity index (χ2v) is 12.9. The maximum absolute atomic E-state index is 13.1. The molecular formula is C34H66O6. The minimum absolute atomic E-state index is 0.161. The third-order valence-electron chi connectivity index (χ3n) is 8.26. The SMILES string of the molecule is CCCC(C)OCCCCCC(=O)C(C)(CC)OCC(C)(C)COC(C)(CC)C(=O)CCCCCOC(C)CC. The first-order valence-corrected chi connectivity index (χ1v) is 16.4. The van der Waals surface area contributed by atoms with Crippen LogP contribution >= 0.6 is 0 Å². The Morgan fingerprint density at radius 3 is 1.43 bits per heavy atom. The Bertz CT molecular complexity index is 677. The van der Waals surface area contributed by atoms with Crippen LogP contribution in [0.2, 0.25) is 0 Å². The van der Waals surface area contributed by atoms with Crippen LogP contribution in [0.3, 0.4) is 0 Å². The molecule has 40 heavy (non-hydrogen) atoms. The molecule has 0 rings (SSSR count). The summed E-state index contributed by atoms with van der Waals surface area (Å²) in [4.78, 5) is 26.1. The van der Waals surface area contributed by atoms with E-state index in [0.29, 0.717) is 51.1 Å². The van der Waals surface area contributed by atoms with Gasteiger partial charge in [0, 0.05) is 31.5 Å². The number of hydrogen-bond acceptors (Lipinski definition) is 6. The molecule has 0 aliphatic rings. The van der Waals surface area contributed by atoms with E-state index in [4.69, 9.17) is 18.9 Å². The zero-order chi connectivity index (χ0) is 30.7. The molecule has 0 aromatic heterocycles. The molecule has 4 atom stereocenters. The van der Waals surface area contributed by atoms with Crippen LogP contribution in [-0.4, -0.2) is 61.4 Å². The van der Waals surface area contributed by atoms with Gasteiger partial charge in [0.2, 0.25) is 0 Å². The Morgan fingerprint density at radius 1 is 0.625 bits per heavy atom. The molecule has 0 fully saturated rings. The summed E-state index contributed by atoms with van der Waals surface area (Å²) in [6.45, 7) is 22.8. The Kier molecular flexibility index (Phi) is 20.5. The van der Waals surface area contributed by atoms with Crippen molar-refractivity contribution >= 4 is 11.6 Å². The third kappa shape index (κ3) is 16.6. The quantitative estimate of drug-likeness (QED) is 0.0920. The van der Waals surface area contributed by atoms with Crippen LogP contribution < -0.4 is 0 Å². The zero-order valence-corrected chi connectivity index (χ0v) is 28.1. The first-order chi connectivity index (χ1) is 18.8. The largest absolute Gasteiger partial charge is 0.379 e. The van der Waals surface area contributed by atoms with Crippen molar-refractivity contribution in [3.05, 3.63) is 0 Å². The van der Waals surface area contributed by atoms with Gasteiger partial charge >= 0.3 is 0 Å². The van der Waals surface area contributed by atoms with Gasteiger partial charge in [-0.1, -0.05) is 60.8 Å². The van der Waals surface area contributed by atoms with Crippen molar-refractivity contribution in [2.45, 2.75) is 176 Å². The highest BCUT2D eigenvalue weighted by molar-refractivity contribution is 5.87. The van der Waals surface area contributed by atoms with E-state index in [2.05, 4.69) is 41.5 Å². The molecule has 0 aliphatic heterocycles. The number of rotatable bonds is 27. The molecule has 0 aliphatic carbocycles. The van der Waals surface area contributed by atoms with Crippen LogP contribution in [-0.2, 0) is 28.5 Å². The summed E-state index contributed by atoms with van der Waals surface area (Å²) in [7, 11) is 0. The molecule has 0 saturated heterocycles. The molecule has 6 heteroatoms. The van der Waals surface area contributed by atoms with Crippen molar-refractivity contribution < 1.29 is 28.5 Å². The Labute approximate surface area is 248 Å². The fourth-order valence-corrected chi connectivity index (χ4v) is 4.34. The van der Waals surface area contributed by atoms with E-state index < -0.39 is 11.2 Å². The number of hydrogen-bond donors (Lipinski definition) is 0. The Hall–Kier alpha value is -0.820. The van der Waals surface area contributed by atoms with E-state index in [1.54, 1.807) is 0 Å². The van der Waals surface area contributed by atoms with Gasteiger partial charge in [-0.15, -0.1) is 0 Å². The van der Waals surface area contributed by atoms with Gasteiger partial charge in [-0.25, -0.2) is 0 Å². The van der Waals surface area contributed by atoms with E-state index in [9.17, 15) is 9.59 Å². The van der Waals surface area contributed by atoms with Crippen molar-refractivity contribution in [1.82, 2.24) is 0 Å². The smallest absolute Gasteiger partial charge is 0.164 e. The van der Waals surface area contributed by atoms with Crippen LogP contribution in [0.15, 0.2) is 0 Å². The van der Waals surface area contributed by atoms with E-state index >= 15 is 0 Å². The molecule has 0 spiro atoms. The molecule has 0 aromatic rings. The molecule has 0 heterocycles. The molecular weight excluding hydrogens is 504 g/mol. The topological polar surface area (TPSA) is 71.1 Å². The Morgan fingerprint density at radius 2 is 1.05 bits per heavy atom. The van der Waals surface area contributed by atoms with Crippen LogP contribution in [0, 0.1) is 5.41 Å². The van der Waals surface area contributed by atoms with Crippen LogP contribution in [0.25, 0.3) is 0 Å². The number of ether oxygens (including phenoxy) is 4. The molecule has 6 nitrogen and oxygen atoms in total. The van der Waals surface area contributed by atoms with E-state index in [1.807, 2.05) is 27.7 Å². The molecule has 0 N–H and O–H groups in total. The van der Waals surface area contributed by atoms with Crippen molar-refractivity contribution in [3.63, 3.8) is 0 Å². The molecule has 0 bridgehead atoms. The summed E-state index contributed by atoms with van der Waals surface area (Å²) in [6.07, 6.45) is 11.8. The minimum atomic E-state index is -0.800. The normalized spacial score (nSPS) is 16.8. The summed E-state index contributed by atoms with van der Waals surface area (Å²) >= 11 is 0. The molecule has 0 amide bonds. The number of carbonyl (C=O) groups excluding carboxylic acids is 2. The van der Waals surface area contributed by atoms with Crippen molar-refractivity contribution in [1.29, 1.82) is 0 Å². The van der Waals surface area contributed by atoms with E-state index in [1.165, 1.54) is 0 Å². The van der Waals surface area contributed by atoms with Crippen LogP contribution in [0.4, 0.5) is 0 Å². The Balaban J connectivity index is 4.56. The van der Waals surface area contributed by atoms with Crippen LogP contribution in [0.5, 0.6) is 0 Å². The summed E-state index contributed by atoms with van der Waals surface area (Å²) < 4.78 is 24.1. The highest BCUT2D eigenvalue weighted by atomic mass is 16.5. The molecule has 0 aromatic carbocycles. The second kappa shape index (κ2) is 21.0. The van der Waals surface area contributed by atoms with Crippen molar-refractivity contribution in [3.8, 4) is 0 Å². The second-order valence-electron chi connectivity index (χ2n) is 12.9. The first-order valence-electron chi connectivity index (χ1n) is 16.4. The maximum Gasteiger partial charge on any atom is 0.164 e. The monoisotopic (exact) mass is 570 g/mol. The highest BCUT2D eigenvalue weighted by Gasteiger charge is 2.37. The average molecular weight is 571 g/mol. The van der Waals surface area contributed by atoms with Gasteiger partial charge in [0.05, 0.1) is 25.4 Å². The van der Waals surface area contributed by atoms with Gasteiger partial charge in [-0.05, 0) is 79.1 Å². The highest BCUT2D eigenvalue weighted by Crippen LogP contribution is 2.28. The molecule has 0 saturated carbocycles. The van der Waals surface area contributed by atoms with Gasteiger partial charge in [0.25, 0.3) is 0 Å². The van der Waals surface area contributed by atoms with E-state index in [0.717, 1.165) is 71.0 Å². The van der Waals surface area contributed by atoms with Gasteiger partial charge < -0.3 is 18.9 Å². The summed E-state index contributed by atoms with van der Waals surface area (Å²) in [5.74, 6) is 0.323. The lowest BCUT2D eigenvalue weighted by atomic mass is 9.90. The summed E-state index contributed by atoms with van der Waals surface area (Å²) in [5.41, 5.74) is -1.93. The van der Waals surface area contributed by atoms with Gasteiger partial charge in [-0.3, -0.25) is 9.59 Å². The number of Topliss-reactive ketones (excluding diaryl/α,β-unsaturated/α-hetero) is 2. The molecule has 0 radical (unpaired) electrons. The number of ketones is 2. The van der Waals surface area contributed by atoms with Gasteiger partial charge in [0.1, 0.15) is 11.2 Å². The number of unbranched alkanes of at least 4 members (excludes halogenated alkanes) is 4. The van der Waals surface area contributed by atoms with Crippen molar-refractivity contribution in [2.75, 3.05) is 26.4 Å². The first kappa shape index (κ1) is 39.2. The summed E-state index contributed by atoms with van der Waals surface area (Å²) in [6, 6.07) is 0. The lowest BCUT2D eigenvalue weighted by Gasteiger charge is -2.36. The third-order valence-corrected chi connectivity index (χ3v) is 8.26. The standard InChI is InChI=1S/C34H66O6/c1-11-21-29(6)38-25-20-16-18-23-31(36)34(10,14-4)40-27-32(7,8)26-39-33(9,13-3)30(35)22-17-15-19-24-37-28(5)12-2/h28-29H,11-27H2,1-10H3. The van der Waals surface area contributed by atoms with Crippen LogP contribution in [0.1, 0.15) is 153 Å². The lowest BCUT2D eigenvalue weighted by Crippen LogP contribution is -2.44. The predicted octanol–water partition coefficient (Wildman–Crippen LogP) is 8.66. The maximum atomic E-state index is 13.1. The zero-order valence-electron chi connectivity index (χ0n) is 28.1. The minimum Gasteiger partial charge on any atom is -0.379 e. The molecule has 238 valence electrons. The predicted molar refractivity (Wildman–Crippen MR) is 166 cm³/mol. The fourth-order valence-electron chi connectivity index (χ4n) is 4.34. The van der Waals surface area contributed by atoms with E-state index in [-0.39, 0.29) is 17.0 Å². The van der Waals surface area contributed by atoms with Crippen molar-refractivity contribution in [2.24, 2.45) is 5.41 Å².